The molecule has 1 amide bonds. The molecule has 1 aromatic heterocycles. The number of benzene rings is 2. The van der Waals surface area contributed by atoms with Crippen molar-refractivity contribution in [1.82, 2.24) is 5.43 Å². The fraction of sp³-hybridized carbons (Fsp3) is 0.182. The molecule has 3 aromatic rings. The molecule has 166 valence electrons. The minimum atomic E-state index is -0.447. The van der Waals surface area contributed by atoms with Crippen molar-refractivity contribution in [2.45, 2.75) is 20.5 Å². The summed E-state index contributed by atoms with van der Waals surface area (Å²) in [4.78, 5) is 22.4. The number of carbonyl (C=O) groups excluding carboxylic acids is 1. The molecule has 3 rings (SSSR count). The van der Waals surface area contributed by atoms with Crippen LogP contribution in [0.25, 0.3) is 0 Å². The van der Waals surface area contributed by atoms with E-state index in [2.05, 4.69) is 33.1 Å². The second-order valence-electron chi connectivity index (χ2n) is 6.58. The van der Waals surface area contributed by atoms with Gasteiger partial charge in [-0.3, -0.25) is 14.9 Å². The van der Waals surface area contributed by atoms with Crippen LogP contribution < -0.4 is 14.9 Å². The molecule has 0 aliphatic rings. The standard InChI is InChI=1S/C22H20IN3O6/c1-3-30-20-11-16(12-24-25-22(27)19-9-4-14(2)32-19)10-18(23)21(20)31-13-15-5-7-17(8-6-15)26(28)29/h4-12H,3,13H2,1-2H3,(H,25,27)/b24-12+. The second-order valence-corrected chi connectivity index (χ2v) is 7.75. The Balaban J connectivity index is 1.70. The van der Waals surface area contributed by atoms with Gasteiger partial charge in [-0.1, -0.05) is 0 Å². The number of halogens is 1. The lowest BCUT2D eigenvalue weighted by Gasteiger charge is -2.14. The third kappa shape index (κ3) is 6.06. The summed E-state index contributed by atoms with van der Waals surface area (Å²) in [5.41, 5.74) is 3.94. The van der Waals surface area contributed by atoms with E-state index < -0.39 is 10.8 Å². The zero-order valence-electron chi connectivity index (χ0n) is 17.3. The third-order valence-corrected chi connectivity index (χ3v) is 5.01. The van der Waals surface area contributed by atoms with Crippen molar-refractivity contribution in [2.75, 3.05) is 6.61 Å². The van der Waals surface area contributed by atoms with Gasteiger partial charge < -0.3 is 13.9 Å². The first-order chi connectivity index (χ1) is 15.4. The predicted octanol–water partition coefficient (Wildman–Crippen LogP) is 4.84. The average Bonchev–Trinajstić information content (AvgIpc) is 3.20. The maximum absolute atomic E-state index is 12.0. The van der Waals surface area contributed by atoms with Crippen molar-refractivity contribution in [3.8, 4) is 11.5 Å². The van der Waals surface area contributed by atoms with Gasteiger partial charge in [-0.2, -0.15) is 5.10 Å². The van der Waals surface area contributed by atoms with Crippen LogP contribution in [0.15, 0.2) is 58.0 Å². The highest BCUT2D eigenvalue weighted by atomic mass is 127. The molecule has 9 nitrogen and oxygen atoms in total. The number of nitro groups is 1. The minimum Gasteiger partial charge on any atom is -0.490 e. The molecule has 0 aliphatic carbocycles. The van der Waals surface area contributed by atoms with E-state index in [0.29, 0.717) is 29.4 Å². The molecule has 0 atom stereocenters. The molecular weight excluding hydrogens is 529 g/mol. The van der Waals surface area contributed by atoms with Gasteiger partial charge in [-0.25, -0.2) is 5.43 Å². The monoisotopic (exact) mass is 549 g/mol. The van der Waals surface area contributed by atoms with Gasteiger partial charge in [0, 0.05) is 12.1 Å². The minimum absolute atomic E-state index is 0.0243. The number of aryl methyl sites for hydroxylation is 1. The second kappa shape index (κ2) is 10.8. The van der Waals surface area contributed by atoms with Gasteiger partial charge in [-0.15, -0.1) is 0 Å². The lowest BCUT2D eigenvalue weighted by molar-refractivity contribution is -0.384. The number of rotatable bonds is 9. The Morgan fingerprint density at radius 1 is 1.22 bits per heavy atom. The van der Waals surface area contributed by atoms with Crippen LogP contribution in [0.4, 0.5) is 5.69 Å². The maximum atomic E-state index is 12.0. The molecule has 0 saturated carbocycles. The Morgan fingerprint density at radius 2 is 1.97 bits per heavy atom. The fourth-order valence-electron chi connectivity index (χ4n) is 2.71. The van der Waals surface area contributed by atoms with Crippen LogP contribution in [-0.4, -0.2) is 23.7 Å². The van der Waals surface area contributed by atoms with E-state index >= 15 is 0 Å². The van der Waals surface area contributed by atoms with Crippen molar-refractivity contribution in [1.29, 1.82) is 0 Å². The highest BCUT2D eigenvalue weighted by molar-refractivity contribution is 14.1. The van der Waals surface area contributed by atoms with Crippen LogP contribution >= 0.6 is 22.6 Å². The number of hydrogen-bond acceptors (Lipinski definition) is 7. The lowest BCUT2D eigenvalue weighted by Crippen LogP contribution is -2.16. The van der Waals surface area contributed by atoms with Crippen molar-refractivity contribution in [2.24, 2.45) is 5.10 Å². The molecule has 2 aromatic carbocycles. The Morgan fingerprint density at radius 3 is 2.59 bits per heavy atom. The first-order valence-corrected chi connectivity index (χ1v) is 10.7. The number of amides is 1. The van der Waals surface area contributed by atoms with Gasteiger partial charge in [0.25, 0.3) is 5.69 Å². The summed E-state index contributed by atoms with van der Waals surface area (Å²) in [5.74, 6) is 1.45. The van der Waals surface area contributed by atoms with Crippen molar-refractivity contribution in [3.05, 3.63) is 84.9 Å². The van der Waals surface area contributed by atoms with Crippen LogP contribution in [0.5, 0.6) is 11.5 Å². The molecule has 1 heterocycles. The Bertz CT molecular complexity index is 1140. The van der Waals surface area contributed by atoms with Crippen LogP contribution in [0, 0.1) is 20.6 Å². The van der Waals surface area contributed by atoms with Crippen LogP contribution in [0.3, 0.4) is 0 Å². The molecule has 10 heteroatoms. The number of nitrogens with zero attached hydrogens (tertiary/aromatic N) is 2. The summed E-state index contributed by atoms with van der Waals surface area (Å²) in [6.45, 7) is 4.26. The Kier molecular flexibility index (Phi) is 7.82. The highest BCUT2D eigenvalue weighted by Gasteiger charge is 2.13. The van der Waals surface area contributed by atoms with Gasteiger partial charge in [-0.05, 0) is 84.0 Å². The van der Waals surface area contributed by atoms with Crippen molar-refractivity contribution < 1.29 is 23.6 Å². The van der Waals surface area contributed by atoms with E-state index in [9.17, 15) is 14.9 Å². The van der Waals surface area contributed by atoms with Gasteiger partial charge >= 0.3 is 5.91 Å². The van der Waals surface area contributed by atoms with E-state index in [1.807, 2.05) is 13.0 Å². The highest BCUT2D eigenvalue weighted by Crippen LogP contribution is 2.34. The molecule has 1 N–H and O–H groups in total. The van der Waals surface area contributed by atoms with Crippen LogP contribution in [0.2, 0.25) is 0 Å². The van der Waals surface area contributed by atoms with Crippen molar-refractivity contribution >= 4 is 40.4 Å². The molecule has 0 radical (unpaired) electrons. The number of furan rings is 1. The van der Waals surface area contributed by atoms with Gasteiger partial charge in [0.2, 0.25) is 0 Å². The Labute approximate surface area is 197 Å². The van der Waals surface area contributed by atoms with Gasteiger partial charge in [0.15, 0.2) is 17.3 Å². The molecule has 32 heavy (non-hydrogen) atoms. The zero-order chi connectivity index (χ0) is 23.1. The smallest absolute Gasteiger partial charge is 0.307 e. The molecule has 0 saturated heterocycles. The molecule has 0 aliphatic heterocycles. The van der Waals surface area contributed by atoms with Crippen LogP contribution in [-0.2, 0) is 6.61 Å². The van der Waals surface area contributed by atoms with Gasteiger partial charge in [0.1, 0.15) is 12.4 Å². The maximum Gasteiger partial charge on any atom is 0.307 e. The summed E-state index contributed by atoms with van der Waals surface area (Å²) in [5, 5.41) is 14.8. The van der Waals surface area contributed by atoms with Crippen molar-refractivity contribution in [3.63, 3.8) is 0 Å². The molecule has 0 spiro atoms. The number of hydrogen-bond donors (Lipinski definition) is 1. The zero-order valence-corrected chi connectivity index (χ0v) is 19.5. The summed E-state index contributed by atoms with van der Waals surface area (Å²) >= 11 is 2.13. The quantitative estimate of drug-likeness (QED) is 0.177. The van der Waals surface area contributed by atoms with Gasteiger partial charge in [0.05, 0.1) is 21.3 Å². The van der Waals surface area contributed by atoms with E-state index in [1.165, 1.54) is 18.3 Å². The van der Waals surface area contributed by atoms with Crippen LogP contribution in [0.1, 0.15) is 34.4 Å². The largest absolute Gasteiger partial charge is 0.490 e. The number of nitro benzene ring substituents is 1. The summed E-state index contributed by atoms with van der Waals surface area (Å²) in [6, 6.07) is 13.0. The summed E-state index contributed by atoms with van der Waals surface area (Å²) < 4.78 is 17.7. The molecule has 0 bridgehead atoms. The van der Waals surface area contributed by atoms with E-state index in [4.69, 9.17) is 13.9 Å². The van der Waals surface area contributed by atoms with E-state index in [1.54, 1.807) is 37.3 Å². The average molecular weight is 549 g/mol. The topological polar surface area (TPSA) is 116 Å². The predicted molar refractivity (Wildman–Crippen MR) is 126 cm³/mol. The number of hydrazone groups is 1. The first kappa shape index (κ1) is 23.3. The SMILES string of the molecule is CCOc1cc(/C=N/NC(=O)c2ccc(C)o2)cc(I)c1OCc1ccc([N+](=O)[O-])cc1. The van der Waals surface area contributed by atoms with E-state index in [0.717, 1.165) is 9.13 Å². The normalized spacial score (nSPS) is 10.8. The lowest BCUT2D eigenvalue weighted by atomic mass is 10.2. The third-order valence-electron chi connectivity index (χ3n) is 4.21. The first-order valence-electron chi connectivity index (χ1n) is 9.59. The summed E-state index contributed by atoms with van der Waals surface area (Å²) in [7, 11) is 0. The Hall–Kier alpha value is -3.41. The number of non-ortho nitro benzene ring substituents is 1. The number of carbonyl (C=O) groups is 1. The van der Waals surface area contributed by atoms with E-state index in [-0.39, 0.29) is 18.1 Å². The number of nitrogens with one attached hydrogen (secondary N) is 1. The molecule has 0 fully saturated rings. The number of ether oxygens (including phenoxy) is 2. The molecule has 0 unspecified atom stereocenters. The fourth-order valence-corrected chi connectivity index (χ4v) is 3.49. The molecular formula is C22H20IN3O6. The summed E-state index contributed by atoms with van der Waals surface area (Å²) in [6.07, 6.45) is 1.50.